The first-order valence-electron chi connectivity index (χ1n) is 6.17. The molecule has 0 amide bonds. The predicted octanol–water partition coefficient (Wildman–Crippen LogP) is 2.52. The van der Waals surface area contributed by atoms with E-state index in [0.29, 0.717) is 24.2 Å². The Balaban J connectivity index is 1.98. The van der Waals surface area contributed by atoms with Gasteiger partial charge >= 0.3 is 5.97 Å². The summed E-state index contributed by atoms with van der Waals surface area (Å²) in [6.07, 6.45) is 3.80. The first-order chi connectivity index (χ1) is 9.12. The Hall–Kier alpha value is -2.17. The standard InChI is InChI=1S/C14H13FN2O2/c15-10-3-1-4-11(9-10)17-8-5-12(16-17)14(13(18)19)6-2-7-14/h1,3-5,8-9H,2,6-7H2,(H,18,19). The summed E-state index contributed by atoms with van der Waals surface area (Å²) < 4.78 is 14.7. The van der Waals surface area contributed by atoms with Crippen molar-refractivity contribution in [1.82, 2.24) is 9.78 Å². The lowest BCUT2D eigenvalue weighted by atomic mass is 9.67. The maximum atomic E-state index is 13.2. The minimum absolute atomic E-state index is 0.342. The van der Waals surface area contributed by atoms with Crippen LogP contribution in [0.4, 0.5) is 4.39 Å². The number of aliphatic carboxylic acids is 1. The first kappa shape index (κ1) is 11.9. The molecule has 1 N–H and O–H groups in total. The molecule has 19 heavy (non-hydrogen) atoms. The fourth-order valence-corrected chi connectivity index (χ4v) is 2.45. The third-order valence-electron chi connectivity index (χ3n) is 3.77. The van der Waals surface area contributed by atoms with E-state index in [4.69, 9.17) is 0 Å². The summed E-state index contributed by atoms with van der Waals surface area (Å²) in [6.45, 7) is 0. The zero-order valence-electron chi connectivity index (χ0n) is 10.2. The van der Waals surface area contributed by atoms with Crippen LogP contribution in [0.1, 0.15) is 25.0 Å². The summed E-state index contributed by atoms with van der Waals surface area (Å²) in [5, 5.41) is 13.7. The smallest absolute Gasteiger partial charge is 0.315 e. The summed E-state index contributed by atoms with van der Waals surface area (Å²) in [4.78, 5) is 11.4. The SMILES string of the molecule is O=C(O)C1(c2ccn(-c3cccc(F)c3)n2)CCC1. The molecule has 98 valence electrons. The molecular weight excluding hydrogens is 247 g/mol. The fraction of sp³-hybridized carbons (Fsp3) is 0.286. The molecule has 0 unspecified atom stereocenters. The van der Waals surface area contributed by atoms with Gasteiger partial charge < -0.3 is 5.11 Å². The lowest BCUT2D eigenvalue weighted by Crippen LogP contribution is -2.42. The third-order valence-corrected chi connectivity index (χ3v) is 3.77. The predicted molar refractivity (Wildman–Crippen MR) is 66.7 cm³/mol. The van der Waals surface area contributed by atoms with Crippen molar-refractivity contribution in [2.24, 2.45) is 0 Å². The van der Waals surface area contributed by atoms with Crippen molar-refractivity contribution in [3.05, 3.63) is 48.0 Å². The second-order valence-corrected chi connectivity index (χ2v) is 4.87. The molecule has 1 aromatic heterocycles. The molecule has 1 aliphatic carbocycles. The van der Waals surface area contributed by atoms with E-state index in [-0.39, 0.29) is 5.82 Å². The average Bonchev–Trinajstić information content (AvgIpc) is 2.76. The second-order valence-electron chi connectivity index (χ2n) is 4.87. The Kier molecular flexibility index (Phi) is 2.62. The van der Waals surface area contributed by atoms with Crippen molar-refractivity contribution >= 4 is 5.97 Å². The van der Waals surface area contributed by atoms with E-state index in [0.717, 1.165) is 6.42 Å². The Morgan fingerprint density at radius 3 is 2.74 bits per heavy atom. The van der Waals surface area contributed by atoms with E-state index in [9.17, 15) is 14.3 Å². The molecule has 0 aliphatic heterocycles. The van der Waals surface area contributed by atoms with E-state index >= 15 is 0 Å². The van der Waals surface area contributed by atoms with Crippen LogP contribution in [0.3, 0.4) is 0 Å². The Labute approximate surface area is 109 Å². The highest BCUT2D eigenvalue weighted by molar-refractivity contribution is 5.81. The molecule has 0 atom stereocenters. The highest BCUT2D eigenvalue weighted by atomic mass is 19.1. The molecule has 0 saturated heterocycles. The van der Waals surface area contributed by atoms with Crippen molar-refractivity contribution in [2.45, 2.75) is 24.7 Å². The minimum atomic E-state index is -0.849. The monoisotopic (exact) mass is 260 g/mol. The van der Waals surface area contributed by atoms with Gasteiger partial charge in [0, 0.05) is 6.20 Å². The molecular formula is C14H13FN2O2. The van der Waals surface area contributed by atoms with Gasteiger partial charge in [0.25, 0.3) is 0 Å². The minimum Gasteiger partial charge on any atom is -0.481 e. The van der Waals surface area contributed by atoms with Crippen molar-refractivity contribution in [1.29, 1.82) is 0 Å². The molecule has 0 radical (unpaired) electrons. The summed E-state index contributed by atoms with van der Waals surface area (Å²) in [5.74, 6) is -1.17. The number of nitrogens with zero attached hydrogens (tertiary/aromatic N) is 2. The van der Waals surface area contributed by atoms with Gasteiger partial charge in [-0.1, -0.05) is 12.5 Å². The molecule has 1 saturated carbocycles. The second kappa shape index (κ2) is 4.19. The molecule has 1 aromatic carbocycles. The van der Waals surface area contributed by atoms with Crippen molar-refractivity contribution < 1.29 is 14.3 Å². The quantitative estimate of drug-likeness (QED) is 0.922. The molecule has 2 aromatic rings. The molecule has 1 aliphatic rings. The Bertz CT molecular complexity index is 632. The van der Waals surface area contributed by atoms with E-state index in [1.165, 1.54) is 16.8 Å². The van der Waals surface area contributed by atoms with Gasteiger partial charge in [-0.3, -0.25) is 4.79 Å². The van der Waals surface area contributed by atoms with Crippen LogP contribution >= 0.6 is 0 Å². The third kappa shape index (κ3) is 1.82. The zero-order valence-corrected chi connectivity index (χ0v) is 10.2. The summed E-state index contributed by atoms with van der Waals surface area (Å²) in [6, 6.07) is 7.76. The van der Waals surface area contributed by atoms with Crippen LogP contribution in [0.5, 0.6) is 0 Å². The molecule has 0 spiro atoms. The van der Waals surface area contributed by atoms with Crippen LogP contribution in [0.15, 0.2) is 36.5 Å². The largest absolute Gasteiger partial charge is 0.481 e. The molecule has 5 heteroatoms. The number of aromatic nitrogens is 2. The van der Waals surface area contributed by atoms with Crippen LogP contribution in [0.2, 0.25) is 0 Å². The summed E-state index contributed by atoms with van der Waals surface area (Å²) in [7, 11) is 0. The van der Waals surface area contributed by atoms with Gasteiger partial charge in [-0.2, -0.15) is 5.10 Å². The van der Waals surface area contributed by atoms with Gasteiger partial charge in [0.15, 0.2) is 0 Å². The molecule has 0 bridgehead atoms. The number of hydrogen-bond acceptors (Lipinski definition) is 2. The van der Waals surface area contributed by atoms with Crippen LogP contribution in [0.25, 0.3) is 5.69 Å². The van der Waals surface area contributed by atoms with Crippen molar-refractivity contribution in [3.8, 4) is 5.69 Å². The first-order valence-corrected chi connectivity index (χ1v) is 6.17. The lowest BCUT2D eigenvalue weighted by Gasteiger charge is -2.35. The number of hydrogen-bond donors (Lipinski definition) is 1. The highest BCUT2D eigenvalue weighted by Crippen LogP contribution is 2.43. The normalized spacial score (nSPS) is 16.9. The van der Waals surface area contributed by atoms with Gasteiger partial charge in [-0.05, 0) is 37.1 Å². The van der Waals surface area contributed by atoms with E-state index in [1.807, 2.05) is 0 Å². The molecule has 3 rings (SSSR count). The van der Waals surface area contributed by atoms with Gasteiger partial charge in [-0.15, -0.1) is 0 Å². The summed E-state index contributed by atoms with van der Waals surface area (Å²) >= 11 is 0. The van der Waals surface area contributed by atoms with Crippen LogP contribution in [-0.2, 0) is 10.2 Å². The maximum absolute atomic E-state index is 13.2. The fourth-order valence-electron chi connectivity index (χ4n) is 2.45. The van der Waals surface area contributed by atoms with Gasteiger partial charge in [0.2, 0.25) is 0 Å². The van der Waals surface area contributed by atoms with Crippen LogP contribution in [-0.4, -0.2) is 20.9 Å². The van der Waals surface area contributed by atoms with Crippen LogP contribution in [0, 0.1) is 5.82 Å². The summed E-state index contributed by atoms with van der Waals surface area (Å²) in [5.41, 5.74) is 0.292. The Morgan fingerprint density at radius 2 is 2.16 bits per heavy atom. The van der Waals surface area contributed by atoms with Crippen molar-refractivity contribution in [2.75, 3.05) is 0 Å². The number of carbonyl (C=O) groups is 1. The maximum Gasteiger partial charge on any atom is 0.315 e. The topological polar surface area (TPSA) is 55.1 Å². The van der Waals surface area contributed by atoms with Gasteiger partial charge in [-0.25, -0.2) is 9.07 Å². The highest BCUT2D eigenvalue weighted by Gasteiger charge is 2.47. The zero-order chi connectivity index (χ0) is 13.5. The van der Waals surface area contributed by atoms with Gasteiger partial charge in [0.1, 0.15) is 11.2 Å². The molecule has 1 fully saturated rings. The molecule has 1 heterocycles. The van der Waals surface area contributed by atoms with Crippen LogP contribution < -0.4 is 0 Å². The number of carboxylic acids is 1. The lowest BCUT2D eigenvalue weighted by molar-refractivity contribution is -0.147. The average molecular weight is 260 g/mol. The van der Waals surface area contributed by atoms with E-state index in [2.05, 4.69) is 5.10 Å². The number of carboxylic acid groups (broad SMARTS) is 1. The molecule has 4 nitrogen and oxygen atoms in total. The number of benzene rings is 1. The van der Waals surface area contributed by atoms with E-state index < -0.39 is 11.4 Å². The van der Waals surface area contributed by atoms with Gasteiger partial charge in [0.05, 0.1) is 11.4 Å². The van der Waals surface area contributed by atoms with E-state index in [1.54, 1.807) is 24.4 Å². The Morgan fingerprint density at radius 1 is 1.37 bits per heavy atom. The van der Waals surface area contributed by atoms with Crippen molar-refractivity contribution in [3.63, 3.8) is 0 Å². The number of halogens is 1. The number of rotatable bonds is 3.